The molecule has 1 aliphatic heterocycles. The highest BCUT2D eigenvalue weighted by atomic mass is 16.2. The molecule has 3 heterocycles. The zero-order chi connectivity index (χ0) is 20.5. The van der Waals surface area contributed by atoms with Crippen LogP contribution in [0.4, 0.5) is 0 Å². The van der Waals surface area contributed by atoms with E-state index < -0.39 is 0 Å². The Labute approximate surface area is 176 Å². The number of carbonyl (C=O) groups excluding carboxylic acids is 1. The monoisotopic (exact) mass is 406 g/mol. The van der Waals surface area contributed by atoms with Gasteiger partial charge in [-0.25, -0.2) is 0 Å². The molecule has 6 rings (SSSR count). The van der Waals surface area contributed by atoms with Gasteiger partial charge >= 0.3 is 0 Å². The van der Waals surface area contributed by atoms with E-state index in [1.54, 1.807) is 0 Å². The fraction of sp³-hybridized carbons (Fsp3) is 0.625. The molecule has 3 saturated carbocycles. The van der Waals surface area contributed by atoms with Gasteiger partial charge in [-0.05, 0) is 67.6 Å². The number of nitrogens with zero attached hydrogens (tertiary/aromatic N) is 3. The Hall–Kier alpha value is -2.21. The van der Waals surface area contributed by atoms with Crippen LogP contribution in [0.1, 0.15) is 43.7 Å². The molecule has 1 amide bonds. The second-order valence-electron chi connectivity index (χ2n) is 9.89. The van der Waals surface area contributed by atoms with Crippen molar-refractivity contribution in [3.8, 4) is 0 Å². The van der Waals surface area contributed by atoms with E-state index in [0.717, 1.165) is 54.9 Å². The van der Waals surface area contributed by atoms with Gasteiger partial charge in [0.05, 0.1) is 16.4 Å². The molecule has 4 fully saturated rings. The van der Waals surface area contributed by atoms with Crippen molar-refractivity contribution in [2.24, 2.45) is 23.2 Å². The summed E-state index contributed by atoms with van der Waals surface area (Å²) in [6.45, 7) is 6.28. The maximum Gasteiger partial charge on any atom is 0.251 e. The minimum atomic E-state index is -0.0188. The summed E-state index contributed by atoms with van der Waals surface area (Å²) < 4.78 is 0. The highest BCUT2D eigenvalue weighted by Gasteiger charge is 2.73. The van der Waals surface area contributed by atoms with Gasteiger partial charge in [-0.3, -0.25) is 19.5 Å². The van der Waals surface area contributed by atoms with Crippen molar-refractivity contribution >= 4 is 16.9 Å². The molecular formula is C24H30N4O2. The number of hydrogen-bond donors (Lipinski definition) is 1. The van der Waals surface area contributed by atoms with E-state index in [2.05, 4.69) is 19.8 Å². The highest BCUT2D eigenvalue weighted by molar-refractivity contribution is 5.87. The van der Waals surface area contributed by atoms with Crippen molar-refractivity contribution in [2.45, 2.75) is 45.6 Å². The zero-order valence-corrected chi connectivity index (χ0v) is 17.7. The first-order valence-corrected chi connectivity index (χ1v) is 11.6. The molecular weight excluding hydrogens is 376 g/mol. The first kappa shape index (κ1) is 18.6. The molecule has 1 saturated heterocycles. The molecule has 1 N–H and O–H groups in total. The molecule has 158 valence electrons. The van der Waals surface area contributed by atoms with Crippen molar-refractivity contribution < 1.29 is 4.79 Å². The number of aromatic nitrogens is 2. The highest BCUT2D eigenvalue weighted by Crippen LogP contribution is 2.75. The topological polar surface area (TPSA) is 69.3 Å². The van der Waals surface area contributed by atoms with Gasteiger partial charge in [0.2, 0.25) is 5.91 Å². The van der Waals surface area contributed by atoms with Crippen molar-refractivity contribution in [3.05, 3.63) is 39.8 Å². The molecule has 6 nitrogen and oxygen atoms in total. The third-order valence-electron chi connectivity index (χ3n) is 8.67. The average Bonchev–Trinajstić information content (AvgIpc) is 2.90. The third kappa shape index (κ3) is 2.49. The number of aromatic amines is 1. The number of fused-ring (bicyclic) bond motifs is 1. The Balaban J connectivity index is 1.11. The van der Waals surface area contributed by atoms with E-state index in [4.69, 9.17) is 0 Å². The molecule has 0 radical (unpaired) electrons. The van der Waals surface area contributed by atoms with Gasteiger partial charge in [0.1, 0.15) is 0 Å². The standard InChI is InChI=1S/C24H30N4O2/c1-2-16-10-20-21(26-22(16)29)9-15(13-25-20)14-27-5-7-28(8-6-27)23(30)24-17-3-4-18(24)12-19(24)11-17/h9-10,13,17-19H,2-8,11-12,14H2,1H3,(H,26,29). The molecule has 2 aromatic heterocycles. The minimum absolute atomic E-state index is 0.0188. The number of nitrogens with one attached hydrogen (secondary N) is 1. The Morgan fingerprint density at radius 1 is 1.13 bits per heavy atom. The number of pyridine rings is 2. The van der Waals surface area contributed by atoms with Gasteiger partial charge in [0, 0.05) is 44.5 Å². The number of rotatable bonds is 4. The van der Waals surface area contributed by atoms with E-state index in [-0.39, 0.29) is 11.0 Å². The second kappa shape index (κ2) is 6.64. The lowest BCUT2D eigenvalue weighted by molar-refractivity contribution is -0.196. The van der Waals surface area contributed by atoms with Crippen molar-refractivity contribution in [3.63, 3.8) is 0 Å². The van der Waals surface area contributed by atoms with Crippen LogP contribution in [-0.4, -0.2) is 51.9 Å². The van der Waals surface area contributed by atoms with Crippen LogP contribution in [0.15, 0.2) is 23.1 Å². The van der Waals surface area contributed by atoms with Crippen LogP contribution in [0.5, 0.6) is 0 Å². The molecule has 4 aliphatic rings. The Morgan fingerprint density at radius 2 is 1.87 bits per heavy atom. The number of piperazine rings is 1. The van der Waals surface area contributed by atoms with Gasteiger partial charge < -0.3 is 9.88 Å². The quantitative estimate of drug-likeness (QED) is 0.847. The summed E-state index contributed by atoms with van der Waals surface area (Å²) in [4.78, 5) is 37.6. The third-order valence-corrected chi connectivity index (χ3v) is 8.67. The Kier molecular flexibility index (Phi) is 4.11. The van der Waals surface area contributed by atoms with Gasteiger partial charge in [0.25, 0.3) is 5.56 Å². The van der Waals surface area contributed by atoms with E-state index in [9.17, 15) is 9.59 Å². The lowest BCUT2D eigenvalue weighted by Crippen LogP contribution is -2.67. The van der Waals surface area contributed by atoms with Gasteiger partial charge in [-0.15, -0.1) is 0 Å². The first-order chi connectivity index (χ1) is 14.6. The molecule has 0 bridgehead atoms. The molecule has 0 spiro atoms. The summed E-state index contributed by atoms with van der Waals surface area (Å²) in [7, 11) is 0. The number of hydrogen-bond acceptors (Lipinski definition) is 4. The van der Waals surface area contributed by atoms with Crippen LogP contribution in [0, 0.1) is 23.2 Å². The predicted molar refractivity (Wildman–Crippen MR) is 115 cm³/mol. The predicted octanol–water partition coefficient (Wildman–Crippen LogP) is 2.57. The largest absolute Gasteiger partial charge is 0.340 e. The maximum absolute atomic E-state index is 13.4. The second-order valence-corrected chi connectivity index (χ2v) is 9.89. The number of carbonyl (C=O) groups is 1. The summed E-state index contributed by atoms with van der Waals surface area (Å²) in [5, 5.41) is 0. The van der Waals surface area contributed by atoms with Crippen molar-refractivity contribution in [2.75, 3.05) is 26.2 Å². The van der Waals surface area contributed by atoms with Gasteiger partial charge in [0.15, 0.2) is 0 Å². The van der Waals surface area contributed by atoms with Crippen LogP contribution < -0.4 is 5.56 Å². The van der Waals surface area contributed by atoms with E-state index in [0.29, 0.717) is 30.1 Å². The number of H-pyrrole nitrogens is 1. The Morgan fingerprint density at radius 3 is 2.53 bits per heavy atom. The molecule has 2 unspecified atom stereocenters. The lowest BCUT2D eigenvalue weighted by Gasteiger charge is -2.64. The van der Waals surface area contributed by atoms with Crippen LogP contribution in [0.25, 0.3) is 11.0 Å². The van der Waals surface area contributed by atoms with Gasteiger partial charge in [-0.2, -0.15) is 0 Å². The minimum Gasteiger partial charge on any atom is -0.340 e. The molecule has 6 heteroatoms. The summed E-state index contributed by atoms with van der Waals surface area (Å²) in [6, 6.07) is 3.94. The van der Waals surface area contributed by atoms with E-state index >= 15 is 0 Å². The maximum atomic E-state index is 13.4. The fourth-order valence-corrected chi connectivity index (χ4v) is 7.04. The van der Waals surface area contributed by atoms with Gasteiger partial charge in [-0.1, -0.05) is 6.92 Å². The number of aryl methyl sites for hydroxylation is 1. The van der Waals surface area contributed by atoms with Crippen LogP contribution in [0.2, 0.25) is 0 Å². The van der Waals surface area contributed by atoms with E-state index in [1.807, 2.05) is 25.3 Å². The average molecular weight is 407 g/mol. The number of amides is 1. The zero-order valence-electron chi connectivity index (χ0n) is 17.7. The Bertz CT molecular complexity index is 1050. The first-order valence-electron chi connectivity index (χ1n) is 11.6. The molecule has 30 heavy (non-hydrogen) atoms. The van der Waals surface area contributed by atoms with Crippen molar-refractivity contribution in [1.29, 1.82) is 0 Å². The SMILES string of the molecule is CCc1cc2ncc(CN3CCN(C(=O)C45C6CCC4CC5C6)CC3)cc2[nH]c1=O. The summed E-state index contributed by atoms with van der Waals surface area (Å²) in [5.41, 5.74) is 3.57. The van der Waals surface area contributed by atoms with Crippen LogP contribution >= 0.6 is 0 Å². The lowest BCUT2D eigenvalue weighted by atomic mass is 9.40. The molecule has 2 aromatic rings. The van der Waals surface area contributed by atoms with Crippen molar-refractivity contribution in [1.82, 2.24) is 19.8 Å². The summed E-state index contributed by atoms with van der Waals surface area (Å²) in [6.07, 6.45) is 7.80. The normalized spacial score (nSPS) is 32.6. The molecule has 0 aromatic carbocycles. The molecule has 2 atom stereocenters. The molecule has 3 aliphatic carbocycles. The summed E-state index contributed by atoms with van der Waals surface area (Å²) in [5.74, 6) is 2.55. The fourth-order valence-electron chi connectivity index (χ4n) is 7.04. The van der Waals surface area contributed by atoms with Crippen LogP contribution in [0.3, 0.4) is 0 Å². The summed E-state index contributed by atoms with van der Waals surface area (Å²) >= 11 is 0. The van der Waals surface area contributed by atoms with E-state index in [1.165, 1.54) is 25.7 Å². The smallest absolute Gasteiger partial charge is 0.251 e. The van der Waals surface area contributed by atoms with Crippen LogP contribution in [-0.2, 0) is 17.8 Å².